The van der Waals surface area contributed by atoms with Gasteiger partial charge >= 0.3 is 6.09 Å². The Kier molecular flexibility index (Phi) is 7.54. The molecule has 1 atom stereocenters. The van der Waals surface area contributed by atoms with E-state index in [9.17, 15) is 4.79 Å². The number of nitrogens with zero attached hydrogens (tertiary/aromatic N) is 2. The largest absolute Gasteiger partial charge is 0.495 e. The number of carbonyl (C=O) groups is 1. The van der Waals surface area contributed by atoms with Gasteiger partial charge in [-0.25, -0.2) is 4.79 Å². The van der Waals surface area contributed by atoms with Crippen LogP contribution in [0.2, 0.25) is 0 Å². The number of anilines is 1. The first kappa shape index (κ1) is 20.6. The molecule has 3 N–H and O–H groups in total. The van der Waals surface area contributed by atoms with E-state index in [4.69, 9.17) is 15.2 Å². The van der Waals surface area contributed by atoms with Crippen LogP contribution >= 0.6 is 0 Å². The average Bonchev–Trinajstić information content (AvgIpc) is 2.52. The van der Waals surface area contributed by atoms with Gasteiger partial charge in [-0.05, 0) is 46.2 Å². The molecule has 7 nitrogen and oxygen atoms in total. The molecule has 0 aliphatic heterocycles. The molecule has 0 saturated carbocycles. The van der Waals surface area contributed by atoms with E-state index < -0.39 is 5.60 Å². The Labute approximate surface area is 150 Å². The van der Waals surface area contributed by atoms with Crippen molar-refractivity contribution in [3.63, 3.8) is 0 Å². The number of carbonyl (C=O) groups excluding carboxylic acids is 1. The molecule has 25 heavy (non-hydrogen) atoms. The summed E-state index contributed by atoms with van der Waals surface area (Å²) in [6.45, 7) is 7.97. The number of ether oxygens (including phenoxy) is 2. The van der Waals surface area contributed by atoms with Gasteiger partial charge in [0.1, 0.15) is 11.4 Å². The summed E-state index contributed by atoms with van der Waals surface area (Å²) in [6.07, 6.45) is 0.327. The number of benzene rings is 1. The van der Waals surface area contributed by atoms with Crippen LogP contribution in [-0.2, 0) is 4.74 Å². The summed E-state index contributed by atoms with van der Waals surface area (Å²) in [5, 5.41) is 3.02. The third kappa shape index (κ3) is 7.32. The zero-order chi connectivity index (χ0) is 19.0. The van der Waals surface area contributed by atoms with E-state index in [0.717, 1.165) is 5.69 Å². The molecule has 1 aromatic rings. The second kappa shape index (κ2) is 9.15. The van der Waals surface area contributed by atoms with Gasteiger partial charge in [-0.1, -0.05) is 12.1 Å². The number of hydrogen-bond donors (Lipinski definition) is 2. The Morgan fingerprint density at radius 2 is 2.00 bits per heavy atom. The minimum Gasteiger partial charge on any atom is -0.495 e. The molecular formula is C18H30N4O3. The Morgan fingerprint density at radius 3 is 2.60 bits per heavy atom. The number of methoxy groups -OCH3 is 1. The predicted octanol–water partition coefficient (Wildman–Crippen LogP) is 3.07. The van der Waals surface area contributed by atoms with Gasteiger partial charge in [0, 0.05) is 19.6 Å². The standard InChI is InChI=1S/C18H30N4O3/c1-13(22(5)17(23)25-18(2,3)4)11-12-20-16(19)21-14-9-7-8-10-15(14)24-6/h7-10,13H,11-12H2,1-6H3,(H3,19,20,21). The predicted molar refractivity (Wildman–Crippen MR) is 101 cm³/mol. The Balaban J connectivity index is 2.51. The van der Waals surface area contributed by atoms with Crippen LogP contribution in [0.4, 0.5) is 10.5 Å². The first-order chi connectivity index (χ1) is 11.6. The van der Waals surface area contributed by atoms with Crippen LogP contribution in [0.5, 0.6) is 5.75 Å². The number of hydrogen-bond acceptors (Lipinski definition) is 4. The molecule has 0 radical (unpaired) electrons. The minimum atomic E-state index is -0.508. The van der Waals surface area contributed by atoms with Crippen LogP contribution in [0, 0.1) is 0 Å². The summed E-state index contributed by atoms with van der Waals surface area (Å²) in [4.78, 5) is 17.9. The average molecular weight is 350 g/mol. The van der Waals surface area contributed by atoms with Crippen molar-refractivity contribution < 1.29 is 14.3 Å². The van der Waals surface area contributed by atoms with Gasteiger partial charge in [-0.3, -0.25) is 4.99 Å². The zero-order valence-corrected chi connectivity index (χ0v) is 16.0. The van der Waals surface area contributed by atoms with Crippen molar-refractivity contribution in [2.75, 3.05) is 26.0 Å². The lowest BCUT2D eigenvalue weighted by atomic mass is 10.2. The van der Waals surface area contributed by atoms with Crippen molar-refractivity contribution in [3.05, 3.63) is 24.3 Å². The molecule has 0 aliphatic carbocycles. The summed E-state index contributed by atoms with van der Waals surface area (Å²) in [6, 6.07) is 7.45. The molecule has 1 aromatic carbocycles. The Bertz CT molecular complexity index is 596. The lowest BCUT2D eigenvalue weighted by molar-refractivity contribution is 0.0231. The highest BCUT2D eigenvalue weighted by atomic mass is 16.6. The van der Waals surface area contributed by atoms with Gasteiger partial charge in [-0.15, -0.1) is 0 Å². The van der Waals surface area contributed by atoms with Gasteiger partial charge in [0.05, 0.1) is 12.8 Å². The first-order valence-corrected chi connectivity index (χ1v) is 8.30. The maximum absolute atomic E-state index is 12.0. The van der Waals surface area contributed by atoms with Crippen LogP contribution in [-0.4, -0.2) is 49.3 Å². The van der Waals surface area contributed by atoms with Gasteiger partial charge in [0.25, 0.3) is 0 Å². The molecule has 0 aromatic heterocycles. The van der Waals surface area contributed by atoms with Crippen LogP contribution in [0.25, 0.3) is 0 Å². The molecule has 0 spiro atoms. The molecule has 0 saturated heterocycles. The molecule has 0 heterocycles. The quantitative estimate of drug-likeness (QED) is 0.608. The van der Waals surface area contributed by atoms with Gasteiger partial charge in [-0.2, -0.15) is 0 Å². The van der Waals surface area contributed by atoms with Crippen molar-refractivity contribution in [1.29, 1.82) is 0 Å². The molecule has 1 amide bonds. The number of nitrogens with two attached hydrogens (primary N) is 1. The van der Waals surface area contributed by atoms with Crippen LogP contribution < -0.4 is 15.8 Å². The second-order valence-corrected chi connectivity index (χ2v) is 6.82. The summed E-state index contributed by atoms with van der Waals surface area (Å²) in [7, 11) is 3.32. The summed E-state index contributed by atoms with van der Waals surface area (Å²) in [5.41, 5.74) is 6.16. The summed E-state index contributed by atoms with van der Waals surface area (Å²) < 4.78 is 10.6. The second-order valence-electron chi connectivity index (χ2n) is 6.82. The van der Waals surface area contributed by atoms with E-state index in [0.29, 0.717) is 24.7 Å². The van der Waals surface area contributed by atoms with Gasteiger partial charge < -0.3 is 25.4 Å². The fourth-order valence-corrected chi connectivity index (χ4v) is 2.00. The maximum atomic E-state index is 12.0. The van der Waals surface area contributed by atoms with Crippen molar-refractivity contribution in [3.8, 4) is 5.75 Å². The highest BCUT2D eigenvalue weighted by Gasteiger charge is 2.22. The van der Waals surface area contributed by atoms with Crippen molar-refractivity contribution in [1.82, 2.24) is 4.90 Å². The number of aliphatic imine (C=N–C) groups is 1. The lowest BCUT2D eigenvalue weighted by Gasteiger charge is -2.28. The number of nitrogens with one attached hydrogen (secondary N) is 1. The summed E-state index contributed by atoms with van der Waals surface area (Å²) in [5.74, 6) is 0.996. The monoisotopic (exact) mass is 350 g/mol. The lowest BCUT2D eigenvalue weighted by Crippen LogP contribution is -2.39. The molecular weight excluding hydrogens is 320 g/mol. The fourth-order valence-electron chi connectivity index (χ4n) is 2.00. The molecule has 0 bridgehead atoms. The van der Waals surface area contributed by atoms with Gasteiger partial charge in [0.2, 0.25) is 0 Å². The highest BCUT2D eigenvalue weighted by Crippen LogP contribution is 2.22. The number of guanidine groups is 1. The van der Waals surface area contributed by atoms with Crippen LogP contribution in [0.3, 0.4) is 0 Å². The smallest absolute Gasteiger partial charge is 0.410 e. The van der Waals surface area contributed by atoms with Crippen molar-refractivity contribution >= 4 is 17.7 Å². The van der Waals surface area contributed by atoms with E-state index >= 15 is 0 Å². The molecule has 1 rings (SSSR count). The SMILES string of the molecule is COc1ccccc1NC(N)=NCCC(C)N(C)C(=O)OC(C)(C)C. The van der Waals surface area contributed by atoms with Crippen molar-refractivity contribution in [2.45, 2.75) is 45.8 Å². The first-order valence-electron chi connectivity index (χ1n) is 8.30. The maximum Gasteiger partial charge on any atom is 0.410 e. The van der Waals surface area contributed by atoms with Gasteiger partial charge in [0.15, 0.2) is 5.96 Å². The molecule has 7 heteroatoms. The Morgan fingerprint density at radius 1 is 1.36 bits per heavy atom. The normalized spacial score (nSPS) is 13.1. The fraction of sp³-hybridized carbons (Fsp3) is 0.556. The Hall–Kier alpha value is -2.44. The number of rotatable bonds is 6. The van der Waals surface area contributed by atoms with Crippen molar-refractivity contribution in [2.24, 2.45) is 10.7 Å². The van der Waals surface area contributed by atoms with E-state index in [-0.39, 0.29) is 12.1 Å². The molecule has 0 fully saturated rings. The van der Waals surface area contributed by atoms with E-state index in [1.165, 1.54) is 0 Å². The molecule has 0 aliphatic rings. The third-order valence-corrected chi connectivity index (χ3v) is 3.54. The third-order valence-electron chi connectivity index (χ3n) is 3.54. The van der Waals surface area contributed by atoms with E-state index in [1.54, 1.807) is 19.1 Å². The minimum absolute atomic E-state index is 0.0161. The topological polar surface area (TPSA) is 89.2 Å². The summed E-state index contributed by atoms with van der Waals surface area (Å²) >= 11 is 0. The van der Waals surface area contributed by atoms with E-state index in [2.05, 4.69) is 10.3 Å². The zero-order valence-electron chi connectivity index (χ0n) is 16.0. The molecule has 140 valence electrons. The van der Waals surface area contributed by atoms with Crippen LogP contribution in [0.1, 0.15) is 34.1 Å². The highest BCUT2D eigenvalue weighted by molar-refractivity contribution is 5.93. The van der Waals surface area contributed by atoms with E-state index in [1.807, 2.05) is 52.0 Å². The number of para-hydroxylation sites is 2. The van der Waals surface area contributed by atoms with Crippen LogP contribution in [0.15, 0.2) is 29.3 Å². The number of amides is 1. The molecule has 1 unspecified atom stereocenters.